The number of hydrogen-bond donors (Lipinski definition) is 1. The molecule has 0 fully saturated rings. The predicted octanol–water partition coefficient (Wildman–Crippen LogP) is 3.75. The molecule has 1 N–H and O–H groups in total. The second-order valence-corrected chi connectivity index (χ2v) is 5.75. The van der Waals surface area contributed by atoms with E-state index in [1.54, 1.807) is 25.1 Å². The van der Waals surface area contributed by atoms with Crippen LogP contribution in [0.3, 0.4) is 0 Å². The van der Waals surface area contributed by atoms with Crippen LogP contribution < -0.4 is 5.32 Å². The van der Waals surface area contributed by atoms with Crippen molar-refractivity contribution in [2.75, 3.05) is 18.9 Å². The van der Waals surface area contributed by atoms with E-state index in [0.717, 1.165) is 11.3 Å². The number of nitrogens with zero attached hydrogens (tertiary/aromatic N) is 3. The van der Waals surface area contributed by atoms with Gasteiger partial charge in [-0.3, -0.25) is 4.98 Å². The molecule has 0 unspecified atom stereocenters. The minimum Gasteiger partial charge on any atom is -0.359 e. The van der Waals surface area contributed by atoms with Crippen molar-refractivity contribution in [3.63, 3.8) is 0 Å². The summed E-state index contributed by atoms with van der Waals surface area (Å²) < 4.78 is 5.27. The summed E-state index contributed by atoms with van der Waals surface area (Å²) in [5.74, 6) is 0.574. The van der Waals surface area contributed by atoms with Gasteiger partial charge in [0.2, 0.25) is 0 Å². The fourth-order valence-corrected chi connectivity index (χ4v) is 2.44. The van der Waals surface area contributed by atoms with Gasteiger partial charge in [-0.15, -0.1) is 0 Å². The van der Waals surface area contributed by atoms with Crippen LogP contribution in [0.1, 0.15) is 11.5 Å². The first-order chi connectivity index (χ1) is 12.1. The molecule has 0 aliphatic rings. The molecule has 0 atom stereocenters. The van der Waals surface area contributed by atoms with Crippen molar-refractivity contribution in [2.24, 2.45) is 0 Å². The normalized spacial score (nSPS) is 10.5. The van der Waals surface area contributed by atoms with E-state index in [1.165, 1.54) is 0 Å². The molecule has 6 nitrogen and oxygen atoms in total. The Balaban J connectivity index is 1.68. The van der Waals surface area contributed by atoms with Gasteiger partial charge >= 0.3 is 6.03 Å². The molecule has 1 aromatic carbocycles. The lowest BCUT2D eigenvalue weighted by Crippen LogP contribution is -2.33. The third-order valence-electron chi connectivity index (χ3n) is 3.92. The van der Waals surface area contributed by atoms with Gasteiger partial charge in [-0.05, 0) is 19.1 Å². The smallest absolute Gasteiger partial charge is 0.321 e. The molecular weight excluding hydrogens is 316 g/mol. The number of hydrogen-bond acceptors (Lipinski definition) is 4. The quantitative estimate of drug-likeness (QED) is 0.770. The van der Waals surface area contributed by atoms with Crippen LogP contribution >= 0.6 is 0 Å². The van der Waals surface area contributed by atoms with E-state index in [0.29, 0.717) is 30.1 Å². The number of carbonyl (C=O) groups excluding carboxylic acids is 1. The fraction of sp³-hybridized carbons (Fsp3) is 0.211. The van der Waals surface area contributed by atoms with Crippen molar-refractivity contribution in [3.05, 3.63) is 66.2 Å². The van der Waals surface area contributed by atoms with E-state index in [9.17, 15) is 4.79 Å². The molecule has 3 aromatic rings. The first-order valence-corrected chi connectivity index (χ1v) is 8.09. The van der Waals surface area contributed by atoms with Crippen LogP contribution in [0.4, 0.5) is 10.5 Å². The molecule has 0 bridgehead atoms. The van der Waals surface area contributed by atoms with Crippen molar-refractivity contribution in [3.8, 4) is 11.3 Å². The number of urea groups is 1. The summed E-state index contributed by atoms with van der Waals surface area (Å²) >= 11 is 0. The van der Waals surface area contributed by atoms with E-state index in [1.807, 2.05) is 48.5 Å². The number of aromatic nitrogens is 2. The van der Waals surface area contributed by atoms with Gasteiger partial charge in [0.15, 0.2) is 5.76 Å². The monoisotopic (exact) mass is 336 g/mol. The van der Waals surface area contributed by atoms with Crippen LogP contribution in [0.15, 0.2) is 59.3 Å². The van der Waals surface area contributed by atoms with Crippen molar-refractivity contribution >= 4 is 11.7 Å². The Kier molecular flexibility index (Phi) is 5.09. The molecule has 2 heterocycles. The lowest BCUT2D eigenvalue weighted by Gasteiger charge is -2.17. The lowest BCUT2D eigenvalue weighted by atomic mass is 10.1. The Morgan fingerprint density at radius 3 is 2.64 bits per heavy atom. The number of likely N-dealkylation sites (N-methyl/N-ethyl adjacent to an activating group) is 1. The molecule has 0 aliphatic heterocycles. The Hall–Kier alpha value is -3.15. The maximum atomic E-state index is 12.5. The standard InChI is InChI=1S/C19H20N4O2/c1-14-17(18(22-25-14)15-8-4-3-5-9-15)21-19(24)23(2)13-11-16-10-6-7-12-20-16/h3-10,12H,11,13H2,1-2H3,(H,21,24). The van der Waals surface area contributed by atoms with Crippen molar-refractivity contribution in [1.82, 2.24) is 15.0 Å². The molecule has 0 spiro atoms. The zero-order chi connectivity index (χ0) is 17.6. The van der Waals surface area contributed by atoms with Crippen LogP contribution in [0.5, 0.6) is 0 Å². The van der Waals surface area contributed by atoms with Crippen LogP contribution in [0.2, 0.25) is 0 Å². The van der Waals surface area contributed by atoms with Gasteiger partial charge < -0.3 is 14.7 Å². The predicted molar refractivity (Wildman–Crippen MR) is 96.3 cm³/mol. The summed E-state index contributed by atoms with van der Waals surface area (Å²) in [6.45, 7) is 2.34. The topological polar surface area (TPSA) is 71.3 Å². The van der Waals surface area contributed by atoms with Gasteiger partial charge in [0, 0.05) is 37.5 Å². The molecule has 128 valence electrons. The fourth-order valence-electron chi connectivity index (χ4n) is 2.44. The molecule has 6 heteroatoms. The van der Waals surface area contributed by atoms with Crippen molar-refractivity contribution in [1.29, 1.82) is 0 Å². The molecule has 2 amide bonds. The van der Waals surface area contributed by atoms with Gasteiger partial charge in [-0.2, -0.15) is 0 Å². The van der Waals surface area contributed by atoms with Gasteiger partial charge in [-0.25, -0.2) is 4.79 Å². The highest BCUT2D eigenvalue weighted by atomic mass is 16.5. The zero-order valence-electron chi connectivity index (χ0n) is 14.3. The maximum absolute atomic E-state index is 12.5. The van der Waals surface area contributed by atoms with Crippen molar-refractivity contribution in [2.45, 2.75) is 13.3 Å². The van der Waals surface area contributed by atoms with E-state index >= 15 is 0 Å². The summed E-state index contributed by atoms with van der Waals surface area (Å²) in [6.07, 6.45) is 2.45. The summed E-state index contributed by atoms with van der Waals surface area (Å²) in [6, 6.07) is 15.2. The first-order valence-electron chi connectivity index (χ1n) is 8.09. The van der Waals surface area contributed by atoms with E-state index in [-0.39, 0.29) is 6.03 Å². The second-order valence-electron chi connectivity index (χ2n) is 5.75. The zero-order valence-corrected chi connectivity index (χ0v) is 14.3. The third-order valence-corrected chi connectivity index (χ3v) is 3.92. The minimum absolute atomic E-state index is 0.209. The number of rotatable bonds is 5. The number of aryl methyl sites for hydroxylation is 1. The van der Waals surface area contributed by atoms with Gasteiger partial charge in [0.1, 0.15) is 11.4 Å². The van der Waals surface area contributed by atoms with Crippen molar-refractivity contribution < 1.29 is 9.32 Å². The highest BCUT2D eigenvalue weighted by Gasteiger charge is 2.18. The van der Waals surface area contributed by atoms with E-state index < -0.39 is 0 Å². The summed E-state index contributed by atoms with van der Waals surface area (Å²) in [7, 11) is 1.75. The molecular formula is C19H20N4O2. The molecule has 0 saturated heterocycles. The summed E-state index contributed by atoms with van der Waals surface area (Å²) in [5.41, 5.74) is 3.07. The maximum Gasteiger partial charge on any atom is 0.321 e. The average molecular weight is 336 g/mol. The minimum atomic E-state index is -0.209. The Morgan fingerprint density at radius 2 is 1.92 bits per heavy atom. The first kappa shape index (κ1) is 16.7. The molecule has 3 rings (SSSR count). The van der Waals surface area contributed by atoms with Crippen LogP contribution in [0.25, 0.3) is 11.3 Å². The summed E-state index contributed by atoms with van der Waals surface area (Å²) in [5, 5.41) is 6.98. The third kappa shape index (κ3) is 4.03. The Morgan fingerprint density at radius 1 is 1.16 bits per heavy atom. The number of carbonyl (C=O) groups is 1. The largest absolute Gasteiger partial charge is 0.359 e. The van der Waals surface area contributed by atoms with Crippen LogP contribution in [-0.4, -0.2) is 34.7 Å². The number of pyridine rings is 1. The Labute approximate surface area is 146 Å². The number of amides is 2. The Bertz CT molecular complexity index is 831. The summed E-state index contributed by atoms with van der Waals surface area (Å²) in [4.78, 5) is 18.4. The van der Waals surface area contributed by atoms with Crippen LogP contribution in [0, 0.1) is 6.92 Å². The van der Waals surface area contributed by atoms with E-state index in [4.69, 9.17) is 4.52 Å². The SMILES string of the molecule is Cc1onc(-c2ccccc2)c1NC(=O)N(C)CCc1ccccn1. The highest BCUT2D eigenvalue weighted by molar-refractivity contribution is 5.94. The number of nitrogens with one attached hydrogen (secondary N) is 1. The lowest BCUT2D eigenvalue weighted by molar-refractivity contribution is 0.223. The number of anilines is 1. The van der Waals surface area contributed by atoms with Gasteiger partial charge in [0.05, 0.1) is 0 Å². The number of benzene rings is 1. The molecule has 2 aromatic heterocycles. The molecule has 0 aliphatic carbocycles. The van der Waals surface area contributed by atoms with E-state index in [2.05, 4.69) is 15.5 Å². The molecule has 0 saturated carbocycles. The second kappa shape index (κ2) is 7.61. The van der Waals surface area contributed by atoms with Gasteiger partial charge in [0.25, 0.3) is 0 Å². The van der Waals surface area contributed by atoms with Gasteiger partial charge in [-0.1, -0.05) is 41.6 Å². The molecule has 0 radical (unpaired) electrons. The highest BCUT2D eigenvalue weighted by Crippen LogP contribution is 2.29. The van der Waals surface area contributed by atoms with Crippen LogP contribution in [-0.2, 0) is 6.42 Å². The molecule has 25 heavy (non-hydrogen) atoms. The average Bonchev–Trinajstić information content (AvgIpc) is 3.02.